The molecule has 160 valence electrons. The molecule has 0 bridgehead atoms. The van der Waals surface area contributed by atoms with Crippen molar-refractivity contribution in [1.29, 1.82) is 0 Å². The Balaban J connectivity index is 1.50. The van der Waals surface area contributed by atoms with Gasteiger partial charge in [0.25, 0.3) is 11.8 Å². The first-order valence-corrected chi connectivity index (χ1v) is 10.4. The summed E-state index contributed by atoms with van der Waals surface area (Å²) in [4.78, 5) is 24.8. The van der Waals surface area contributed by atoms with Crippen LogP contribution in [0, 0.1) is 13.8 Å². The van der Waals surface area contributed by atoms with E-state index in [9.17, 15) is 9.59 Å². The topological polar surface area (TPSA) is 67.4 Å². The van der Waals surface area contributed by atoms with Crippen molar-refractivity contribution in [1.82, 2.24) is 5.32 Å². The van der Waals surface area contributed by atoms with E-state index in [0.29, 0.717) is 17.9 Å². The largest absolute Gasteiger partial charge is 0.481 e. The number of carbonyl (C=O) groups excluding carboxylic acids is 2. The molecule has 3 aromatic rings. The fourth-order valence-electron chi connectivity index (χ4n) is 3.11. The van der Waals surface area contributed by atoms with Crippen molar-refractivity contribution < 1.29 is 14.3 Å². The van der Waals surface area contributed by atoms with E-state index in [4.69, 9.17) is 4.74 Å². The van der Waals surface area contributed by atoms with Crippen LogP contribution in [0.2, 0.25) is 0 Å². The molecule has 0 aromatic heterocycles. The van der Waals surface area contributed by atoms with Crippen LogP contribution >= 0.6 is 0 Å². The number of ether oxygens (including phenoxy) is 1. The van der Waals surface area contributed by atoms with E-state index in [1.807, 2.05) is 62.4 Å². The summed E-state index contributed by atoms with van der Waals surface area (Å²) in [5, 5.41) is 5.83. The zero-order valence-electron chi connectivity index (χ0n) is 18.1. The molecular weight excluding hydrogens is 388 g/mol. The molecule has 1 atom stereocenters. The van der Waals surface area contributed by atoms with Gasteiger partial charge >= 0.3 is 0 Å². The van der Waals surface area contributed by atoms with Gasteiger partial charge in [0.15, 0.2) is 6.10 Å². The minimum absolute atomic E-state index is 0.136. The van der Waals surface area contributed by atoms with Gasteiger partial charge in [-0.05, 0) is 74.2 Å². The summed E-state index contributed by atoms with van der Waals surface area (Å²) in [6.07, 6.45) is 0.103. The van der Waals surface area contributed by atoms with E-state index in [2.05, 4.69) is 10.6 Å². The first-order valence-electron chi connectivity index (χ1n) is 10.4. The summed E-state index contributed by atoms with van der Waals surface area (Å²) < 4.78 is 5.75. The fraction of sp³-hybridized carbons (Fsp3) is 0.231. The SMILES string of the molecule is Cc1ccc(C)c(NC(=O)[C@@H](C)Oc2ccc(C(=O)NCCc3ccccc3)cc2)c1. The maximum atomic E-state index is 12.5. The molecule has 0 radical (unpaired) electrons. The van der Waals surface area contributed by atoms with Crippen LogP contribution in [0.5, 0.6) is 5.75 Å². The molecule has 2 amide bonds. The van der Waals surface area contributed by atoms with Crippen molar-refractivity contribution in [2.75, 3.05) is 11.9 Å². The monoisotopic (exact) mass is 416 g/mol. The Morgan fingerprint density at radius 2 is 1.65 bits per heavy atom. The molecule has 3 aromatic carbocycles. The summed E-state index contributed by atoms with van der Waals surface area (Å²) in [7, 11) is 0. The molecule has 0 fully saturated rings. The Labute approximate surface area is 183 Å². The van der Waals surface area contributed by atoms with Gasteiger partial charge in [-0.3, -0.25) is 9.59 Å². The van der Waals surface area contributed by atoms with Crippen molar-refractivity contribution in [3.8, 4) is 5.75 Å². The van der Waals surface area contributed by atoms with Gasteiger partial charge in [-0.25, -0.2) is 0 Å². The fourth-order valence-corrected chi connectivity index (χ4v) is 3.11. The molecule has 0 saturated carbocycles. The maximum absolute atomic E-state index is 12.5. The number of carbonyl (C=O) groups is 2. The number of nitrogens with one attached hydrogen (secondary N) is 2. The third kappa shape index (κ3) is 6.44. The highest BCUT2D eigenvalue weighted by molar-refractivity contribution is 5.95. The van der Waals surface area contributed by atoms with Crippen LogP contribution in [0.15, 0.2) is 72.8 Å². The van der Waals surface area contributed by atoms with E-state index in [1.165, 1.54) is 5.56 Å². The minimum atomic E-state index is -0.675. The van der Waals surface area contributed by atoms with Crippen LogP contribution in [0.3, 0.4) is 0 Å². The molecule has 0 saturated heterocycles. The first-order chi connectivity index (χ1) is 14.9. The Hall–Kier alpha value is -3.60. The predicted octanol–water partition coefficient (Wildman–Crippen LogP) is 4.68. The summed E-state index contributed by atoms with van der Waals surface area (Å²) in [5.41, 5.74) is 4.58. The highest BCUT2D eigenvalue weighted by Crippen LogP contribution is 2.18. The highest BCUT2D eigenvalue weighted by Gasteiger charge is 2.16. The Kier molecular flexibility index (Phi) is 7.44. The summed E-state index contributed by atoms with van der Waals surface area (Å²) in [6.45, 7) is 6.19. The van der Waals surface area contributed by atoms with Crippen LogP contribution < -0.4 is 15.4 Å². The molecule has 5 heteroatoms. The molecule has 5 nitrogen and oxygen atoms in total. The summed E-state index contributed by atoms with van der Waals surface area (Å²) in [5.74, 6) is 0.170. The average Bonchev–Trinajstić information content (AvgIpc) is 2.77. The lowest BCUT2D eigenvalue weighted by atomic mass is 10.1. The molecule has 0 spiro atoms. The summed E-state index contributed by atoms with van der Waals surface area (Å²) in [6, 6.07) is 22.7. The number of hydrogen-bond acceptors (Lipinski definition) is 3. The second-order valence-corrected chi connectivity index (χ2v) is 7.58. The van der Waals surface area contributed by atoms with Crippen LogP contribution in [-0.2, 0) is 11.2 Å². The smallest absolute Gasteiger partial charge is 0.265 e. The van der Waals surface area contributed by atoms with Crippen molar-refractivity contribution in [2.24, 2.45) is 0 Å². The van der Waals surface area contributed by atoms with Crippen LogP contribution in [0.1, 0.15) is 34.0 Å². The number of benzene rings is 3. The van der Waals surface area contributed by atoms with Crippen molar-refractivity contribution >= 4 is 17.5 Å². The van der Waals surface area contributed by atoms with Crippen molar-refractivity contribution in [3.05, 3.63) is 95.1 Å². The molecule has 0 aliphatic rings. The number of anilines is 1. The molecule has 0 aliphatic carbocycles. The second kappa shape index (κ2) is 10.4. The number of hydrogen-bond donors (Lipinski definition) is 2. The van der Waals surface area contributed by atoms with Crippen LogP contribution in [-0.4, -0.2) is 24.5 Å². The molecule has 2 N–H and O–H groups in total. The Morgan fingerprint density at radius 3 is 2.35 bits per heavy atom. The van der Waals surface area contributed by atoms with E-state index >= 15 is 0 Å². The van der Waals surface area contributed by atoms with Crippen LogP contribution in [0.25, 0.3) is 0 Å². The lowest BCUT2D eigenvalue weighted by Gasteiger charge is -2.16. The minimum Gasteiger partial charge on any atom is -0.481 e. The van der Waals surface area contributed by atoms with Crippen molar-refractivity contribution in [2.45, 2.75) is 33.3 Å². The predicted molar refractivity (Wildman–Crippen MR) is 124 cm³/mol. The number of rotatable bonds is 8. The van der Waals surface area contributed by atoms with Gasteiger partial charge in [-0.15, -0.1) is 0 Å². The van der Waals surface area contributed by atoms with Gasteiger partial charge in [-0.2, -0.15) is 0 Å². The van der Waals surface area contributed by atoms with Gasteiger partial charge in [0.05, 0.1) is 0 Å². The zero-order chi connectivity index (χ0) is 22.2. The maximum Gasteiger partial charge on any atom is 0.265 e. The van der Waals surface area contributed by atoms with E-state index in [-0.39, 0.29) is 11.8 Å². The lowest BCUT2D eigenvalue weighted by molar-refractivity contribution is -0.122. The lowest BCUT2D eigenvalue weighted by Crippen LogP contribution is -2.30. The first kappa shape index (κ1) is 22.1. The van der Waals surface area contributed by atoms with Gasteiger partial charge < -0.3 is 15.4 Å². The highest BCUT2D eigenvalue weighted by atomic mass is 16.5. The number of aryl methyl sites for hydroxylation is 2. The molecule has 0 heterocycles. The standard InChI is InChI=1S/C26H28N2O3/c1-18-9-10-19(2)24(17-18)28-25(29)20(3)31-23-13-11-22(12-14-23)26(30)27-16-15-21-7-5-4-6-8-21/h4-14,17,20H,15-16H2,1-3H3,(H,27,30)(H,28,29)/t20-/m1/s1. The molecule has 31 heavy (non-hydrogen) atoms. The third-order valence-corrected chi connectivity index (χ3v) is 4.99. The molecular formula is C26H28N2O3. The van der Waals surface area contributed by atoms with E-state index < -0.39 is 6.10 Å². The second-order valence-electron chi connectivity index (χ2n) is 7.58. The van der Waals surface area contributed by atoms with E-state index in [1.54, 1.807) is 31.2 Å². The molecule has 3 rings (SSSR count). The Bertz CT molecular complexity index is 1030. The van der Waals surface area contributed by atoms with Gasteiger partial charge in [-0.1, -0.05) is 42.5 Å². The van der Waals surface area contributed by atoms with Crippen LogP contribution in [0.4, 0.5) is 5.69 Å². The van der Waals surface area contributed by atoms with Gasteiger partial charge in [0, 0.05) is 17.8 Å². The average molecular weight is 417 g/mol. The summed E-state index contributed by atoms with van der Waals surface area (Å²) >= 11 is 0. The third-order valence-electron chi connectivity index (χ3n) is 4.99. The van der Waals surface area contributed by atoms with Gasteiger partial charge in [0.2, 0.25) is 0 Å². The molecule has 0 unspecified atom stereocenters. The zero-order valence-corrected chi connectivity index (χ0v) is 18.1. The van der Waals surface area contributed by atoms with Gasteiger partial charge in [0.1, 0.15) is 5.75 Å². The Morgan fingerprint density at radius 1 is 0.935 bits per heavy atom. The quantitative estimate of drug-likeness (QED) is 0.560. The number of amides is 2. The normalized spacial score (nSPS) is 11.5. The molecule has 0 aliphatic heterocycles. The van der Waals surface area contributed by atoms with Crippen molar-refractivity contribution in [3.63, 3.8) is 0 Å². The van der Waals surface area contributed by atoms with E-state index in [0.717, 1.165) is 23.2 Å².